The minimum atomic E-state index is -0.233. The van der Waals surface area contributed by atoms with Crippen LogP contribution in [0, 0.1) is 0 Å². The standard InChI is InChI=1S/C13H18N2O/c1-13(14)8-7-12(16)15(10-13)9-11-5-3-2-4-6-11/h2-6H,7-10,14H2,1H3. The third kappa shape index (κ3) is 2.61. The molecule has 1 aliphatic heterocycles. The number of hydrogen-bond donors (Lipinski definition) is 1. The van der Waals surface area contributed by atoms with Crippen molar-refractivity contribution >= 4 is 5.91 Å². The van der Waals surface area contributed by atoms with Gasteiger partial charge >= 0.3 is 0 Å². The molecule has 1 heterocycles. The molecule has 1 aliphatic rings. The summed E-state index contributed by atoms with van der Waals surface area (Å²) in [7, 11) is 0. The Balaban J connectivity index is 2.06. The predicted octanol–water partition coefficient (Wildman–Crippen LogP) is 1.53. The Kier molecular flexibility index (Phi) is 2.97. The first-order valence-electron chi connectivity index (χ1n) is 5.67. The molecule has 0 aliphatic carbocycles. The van der Waals surface area contributed by atoms with Gasteiger partial charge in [0.15, 0.2) is 0 Å². The first kappa shape index (κ1) is 11.1. The van der Waals surface area contributed by atoms with Crippen LogP contribution in [0.2, 0.25) is 0 Å². The van der Waals surface area contributed by atoms with E-state index in [0.717, 1.165) is 12.0 Å². The van der Waals surface area contributed by atoms with Gasteiger partial charge in [0.25, 0.3) is 0 Å². The largest absolute Gasteiger partial charge is 0.337 e. The van der Waals surface area contributed by atoms with Crippen LogP contribution in [-0.2, 0) is 11.3 Å². The molecule has 1 atom stereocenters. The summed E-state index contributed by atoms with van der Waals surface area (Å²) in [6.07, 6.45) is 1.36. The Labute approximate surface area is 96.2 Å². The number of nitrogens with zero attached hydrogens (tertiary/aromatic N) is 1. The average Bonchev–Trinajstić information content (AvgIpc) is 2.25. The zero-order valence-electron chi connectivity index (χ0n) is 9.65. The smallest absolute Gasteiger partial charge is 0.223 e. The number of hydrogen-bond acceptors (Lipinski definition) is 2. The Bertz CT molecular complexity index is 373. The topological polar surface area (TPSA) is 46.3 Å². The third-order valence-corrected chi connectivity index (χ3v) is 3.03. The quantitative estimate of drug-likeness (QED) is 0.818. The van der Waals surface area contributed by atoms with Crippen molar-refractivity contribution in [2.75, 3.05) is 6.54 Å². The van der Waals surface area contributed by atoms with Gasteiger partial charge in [-0.15, -0.1) is 0 Å². The van der Waals surface area contributed by atoms with E-state index in [1.807, 2.05) is 42.2 Å². The van der Waals surface area contributed by atoms with Gasteiger partial charge in [-0.2, -0.15) is 0 Å². The molecule has 0 spiro atoms. The van der Waals surface area contributed by atoms with Crippen LogP contribution in [0.1, 0.15) is 25.3 Å². The minimum absolute atomic E-state index is 0.215. The first-order valence-corrected chi connectivity index (χ1v) is 5.67. The number of nitrogens with two attached hydrogens (primary N) is 1. The summed E-state index contributed by atoms with van der Waals surface area (Å²) in [6, 6.07) is 10.0. The average molecular weight is 218 g/mol. The fourth-order valence-corrected chi connectivity index (χ4v) is 2.10. The SMILES string of the molecule is CC1(N)CCC(=O)N(Cc2ccccc2)C1. The molecule has 0 bridgehead atoms. The van der Waals surface area contributed by atoms with Gasteiger partial charge in [0, 0.05) is 25.0 Å². The number of carbonyl (C=O) groups is 1. The molecule has 2 rings (SSSR count). The van der Waals surface area contributed by atoms with Gasteiger partial charge in [-0.1, -0.05) is 30.3 Å². The number of amides is 1. The number of rotatable bonds is 2. The summed E-state index contributed by atoms with van der Waals surface area (Å²) in [5.41, 5.74) is 7.02. The van der Waals surface area contributed by atoms with Crippen molar-refractivity contribution in [1.29, 1.82) is 0 Å². The lowest BCUT2D eigenvalue weighted by Crippen LogP contribution is -2.53. The Hall–Kier alpha value is -1.35. The predicted molar refractivity (Wildman–Crippen MR) is 63.7 cm³/mol. The molecule has 1 amide bonds. The second-order valence-corrected chi connectivity index (χ2v) is 4.89. The van der Waals surface area contributed by atoms with Crippen LogP contribution >= 0.6 is 0 Å². The van der Waals surface area contributed by atoms with Crippen LogP contribution in [0.4, 0.5) is 0 Å². The van der Waals surface area contributed by atoms with Crippen molar-refractivity contribution in [3.05, 3.63) is 35.9 Å². The molecule has 1 saturated heterocycles. The van der Waals surface area contributed by atoms with Gasteiger partial charge in [0.05, 0.1) is 0 Å². The van der Waals surface area contributed by atoms with Crippen LogP contribution in [0.3, 0.4) is 0 Å². The molecule has 16 heavy (non-hydrogen) atoms. The molecule has 1 unspecified atom stereocenters. The minimum Gasteiger partial charge on any atom is -0.337 e. The lowest BCUT2D eigenvalue weighted by molar-refractivity contribution is -0.135. The molecule has 3 nitrogen and oxygen atoms in total. The van der Waals surface area contributed by atoms with Crippen LogP contribution in [0.15, 0.2) is 30.3 Å². The zero-order chi connectivity index (χ0) is 11.6. The molecular weight excluding hydrogens is 200 g/mol. The zero-order valence-corrected chi connectivity index (χ0v) is 9.65. The number of likely N-dealkylation sites (tertiary alicyclic amines) is 1. The Morgan fingerprint density at radius 3 is 2.75 bits per heavy atom. The highest BCUT2D eigenvalue weighted by molar-refractivity contribution is 5.77. The van der Waals surface area contributed by atoms with Crippen molar-refractivity contribution in [1.82, 2.24) is 4.90 Å². The molecule has 0 radical (unpaired) electrons. The van der Waals surface area contributed by atoms with Crippen molar-refractivity contribution in [3.63, 3.8) is 0 Å². The maximum absolute atomic E-state index is 11.8. The van der Waals surface area contributed by atoms with Crippen molar-refractivity contribution in [2.45, 2.75) is 31.8 Å². The molecule has 1 fully saturated rings. The summed E-state index contributed by atoms with van der Waals surface area (Å²) >= 11 is 0. The normalized spacial score (nSPS) is 25.9. The van der Waals surface area contributed by atoms with Crippen molar-refractivity contribution in [2.24, 2.45) is 5.73 Å². The van der Waals surface area contributed by atoms with Crippen LogP contribution in [0.5, 0.6) is 0 Å². The third-order valence-electron chi connectivity index (χ3n) is 3.03. The van der Waals surface area contributed by atoms with Crippen LogP contribution in [-0.4, -0.2) is 22.9 Å². The second kappa shape index (κ2) is 4.26. The van der Waals surface area contributed by atoms with Crippen LogP contribution < -0.4 is 5.73 Å². The van der Waals surface area contributed by atoms with E-state index in [9.17, 15) is 4.79 Å². The van der Waals surface area contributed by atoms with E-state index in [1.165, 1.54) is 0 Å². The highest BCUT2D eigenvalue weighted by Gasteiger charge is 2.31. The summed E-state index contributed by atoms with van der Waals surface area (Å²) in [5, 5.41) is 0. The number of piperidine rings is 1. The molecule has 1 aromatic rings. The van der Waals surface area contributed by atoms with Crippen molar-refractivity contribution in [3.8, 4) is 0 Å². The molecule has 0 aromatic heterocycles. The summed E-state index contributed by atoms with van der Waals surface area (Å²) in [5.74, 6) is 0.215. The first-order chi connectivity index (χ1) is 7.57. The van der Waals surface area contributed by atoms with Gasteiger partial charge in [0.1, 0.15) is 0 Å². The monoisotopic (exact) mass is 218 g/mol. The summed E-state index contributed by atoms with van der Waals surface area (Å²) < 4.78 is 0. The molecule has 1 aromatic carbocycles. The molecule has 3 heteroatoms. The van der Waals surface area contributed by atoms with Gasteiger partial charge < -0.3 is 10.6 Å². The second-order valence-electron chi connectivity index (χ2n) is 4.89. The highest BCUT2D eigenvalue weighted by Crippen LogP contribution is 2.20. The van der Waals surface area contributed by atoms with E-state index >= 15 is 0 Å². The summed E-state index contributed by atoms with van der Waals surface area (Å²) in [4.78, 5) is 13.6. The summed E-state index contributed by atoms with van der Waals surface area (Å²) in [6.45, 7) is 3.34. The van der Waals surface area contributed by atoms with Gasteiger partial charge in [-0.3, -0.25) is 4.79 Å². The van der Waals surface area contributed by atoms with E-state index in [4.69, 9.17) is 5.73 Å². The number of benzene rings is 1. The lowest BCUT2D eigenvalue weighted by Gasteiger charge is -2.37. The Morgan fingerprint density at radius 1 is 1.38 bits per heavy atom. The van der Waals surface area contributed by atoms with E-state index in [1.54, 1.807) is 0 Å². The number of carbonyl (C=O) groups excluding carboxylic acids is 1. The molecule has 86 valence electrons. The highest BCUT2D eigenvalue weighted by atomic mass is 16.2. The molecular formula is C13H18N2O. The molecule has 0 saturated carbocycles. The van der Waals surface area contributed by atoms with Gasteiger partial charge in [0.2, 0.25) is 5.91 Å². The van der Waals surface area contributed by atoms with Gasteiger partial charge in [-0.25, -0.2) is 0 Å². The van der Waals surface area contributed by atoms with Gasteiger partial charge in [-0.05, 0) is 18.9 Å². The van der Waals surface area contributed by atoms with E-state index in [0.29, 0.717) is 19.5 Å². The fraction of sp³-hybridized carbons (Fsp3) is 0.462. The van der Waals surface area contributed by atoms with E-state index in [2.05, 4.69) is 0 Å². The fourth-order valence-electron chi connectivity index (χ4n) is 2.10. The van der Waals surface area contributed by atoms with E-state index < -0.39 is 0 Å². The molecule has 2 N–H and O–H groups in total. The van der Waals surface area contributed by atoms with E-state index in [-0.39, 0.29) is 11.4 Å². The Morgan fingerprint density at radius 2 is 2.06 bits per heavy atom. The van der Waals surface area contributed by atoms with Crippen molar-refractivity contribution < 1.29 is 4.79 Å². The maximum atomic E-state index is 11.8. The maximum Gasteiger partial charge on any atom is 0.223 e. The van der Waals surface area contributed by atoms with Crippen LogP contribution in [0.25, 0.3) is 0 Å². The lowest BCUT2D eigenvalue weighted by atomic mass is 9.92.